The lowest BCUT2D eigenvalue weighted by molar-refractivity contribution is -0.102. The van der Waals surface area contributed by atoms with Crippen molar-refractivity contribution in [1.29, 1.82) is 0 Å². The Kier molecular flexibility index (Phi) is 3.08. The van der Waals surface area contributed by atoms with Crippen molar-refractivity contribution in [3.63, 3.8) is 0 Å². The van der Waals surface area contributed by atoms with Crippen molar-refractivity contribution in [2.24, 2.45) is 22.5 Å². The van der Waals surface area contributed by atoms with E-state index < -0.39 is 5.60 Å². The molecule has 0 radical (unpaired) electrons. The number of fused-ring (bicyclic) bond motifs is 2. The van der Waals surface area contributed by atoms with Crippen LogP contribution in [0.3, 0.4) is 0 Å². The molecule has 4 unspecified atom stereocenters. The van der Waals surface area contributed by atoms with Gasteiger partial charge in [-0.05, 0) is 42.9 Å². The molecule has 0 spiro atoms. The molecule has 0 heterocycles. The summed E-state index contributed by atoms with van der Waals surface area (Å²) in [7, 11) is 0. The van der Waals surface area contributed by atoms with Crippen molar-refractivity contribution in [2.45, 2.75) is 58.7 Å². The van der Waals surface area contributed by atoms with E-state index in [0.717, 1.165) is 12.3 Å². The lowest BCUT2D eigenvalue weighted by atomic mass is 9.70. The highest BCUT2D eigenvalue weighted by molar-refractivity contribution is 5.11. The number of nitrogens with two attached hydrogens (primary N) is 1. The molecule has 2 aliphatic carbocycles. The minimum absolute atomic E-state index is 0.253. The lowest BCUT2D eigenvalue weighted by Crippen LogP contribution is -2.44. The number of hydrogen-bond acceptors (Lipinski definition) is 3. The predicted octanol–water partition coefficient (Wildman–Crippen LogP) is 1.93. The van der Waals surface area contributed by atoms with Crippen LogP contribution in [0.2, 0.25) is 0 Å². The molecule has 2 bridgehead atoms. The molecule has 3 heteroatoms. The molecule has 17 heavy (non-hydrogen) atoms. The van der Waals surface area contributed by atoms with Gasteiger partial charge in [-0.15, -0.1) is 0 Å². The van der Waals surface area contributed by atoms with Crippen LogP contribution in [0.4, 0.5) is 0 Å². The topological polar surface area (TPSA) is 55.5 Å². The fourth-order valence-corrected chi connectivity index (χ4v) is 3.72. The second kappa shape index (κ2) is 3.94. The van der Waals surface area contributed by atoms with Crippen LogP contribution in [-0.4, -0.2) is 30.0 Å². The van der Waals surface area contributed by atoms with Crippen LogP contribution in [0.15, 0.2) is 0 Å². The molecule has 2 fully saturated rings. The molecule has 0 saturated heterocycles. The average molecular weight is 241 g/mol. The summed E-state index contributed by atoms with van der Waals surface area (Å²) in [6.07, 6.45) is 4.01. The van der Waals surface area contributed by atoms with E-state index in [9.17, 15) is 5.11 Å². The molecule has 3 nitrogen and oxygen atoms in total. The van der Waals surface area contributed by atoms with Gasteiger partial charge in [-0.3, -0.25) is 0 Å². The number of rotatable bonds is 4. The van der Waals surface area contributed by atoms with E-state index in [2.05, 4.69) is 20.8 Å². The molecule has 0 aromatic heterocycles. The van der Waals surface area contributed by atoms with E-state index in [1.165, 1.54) is 12.8 Å². The molecule has 0 amide bonds. The van der Waals surface area contributed by atoms with E-state index >= 15 is 0 Å². The zero-order chi connectivity index (χ0) is 12.9. The smallest absolute Gasteiger partial charge is 0.0973 e. The molecule has 4 atom stereocenters. The molecular weight excluding hydrogens is 214 g/mol. The summed E-state index contributed by atoms with van der Waals surface area (Å²) >= 11 is 0. The van der Waals surface area contributed by atoms with Crippen molar-refractivity contribution < 1.29 is 9.84 Å². The molecule has 2 rings (SSSR count). The van der Waals surface area contributed by atoms with Gasteiger partial charge in [0, 0.05) is 6.54 Å². The third-order valence-electron chi connectivity index (χ3n) is 5.75. The maximum atomic E-state index is 9.92. The lowest BCUT2D eigenvalue weighted by Gasteiger charge is -2.39. The van der Waals surface area contributed by atoms with Crippen molar-refractivity contribution in [1.82, 2.24) is 0 Å². The molecular formula is C14H27NO2. The molecule has 100 valence electrons. The fourth-order valence-electron chi connectivity index (χ4n) is 3.72. The summed E-state index contributed by atoms with van der Waals surface area (Å²) in [5, 5.41) is 9.92. The maximum Gasteiger partial charge on any atom is 0.0973 e. The van der Waals surface area contributed by atoms with Crippen LogP contribution < -0.4 is 5.73 Å². The first-order valence-electron chi connectivity index (χ1n) is 6.77. The van der Waals surface area contributed by atoms with Crippen molar-refractivity contribution in [3.8, 4) is 0 Å². The largest absolute Gasteiger partial charge is 0.386 e. The van der Waals surface area contributed by atoms with Crippen LogP contribution in [0.1, 0.15) is 47.0 Å². The summed E-state index contributed by atoms with van der Waals surface area (Å²) in [5.41, 5.74) is 5.27. The Balaban J connectivity index is 2.01. The second-order valence-corrected chi connectivity index (χ2v) is 7.11. The molecule has 3 N–H and O–H groups in total. The van der Waals surface area contributed by atoms with E-state index in [-0.39, 0.29) is 18.1 Å². The highest BCUT2D eigenvalue weighted by Gasteiger charge is 2.61. The SMILES string of the molecule is CC(O)(CN)COC1CC2CCC1(C)C2(C)C. The van der Waals surface area contributed by atoms with Gasteiger partial charge in [-0.1, -0.05) is 20.8 Å². The minimum atomic E-state index is -0.887. The third-order valence-corrected chi connectivity index (χ3v) is 5.75. The zero-order valence-corrected chi connectivity index (χ0v) is 11.6. The fraction of sp³-hybridized carbons (Fsp3) is 1.00. The van der Waals surface area contributed by atoms with Gasteiger partial charge in [0.05, 0.1) is 18.3 Å². The zero-order valence-electron chi connectivity index (χ0n) is 11.6. The van der Waals surface area contributed by atoms with Gasteiger partial charge in [0.25, 0.3) is 0 Å². The number of aliphatic hydroxyl groups is 1. The Morgan fingerprint density at radius 3 is 2.47 bits per heavy atom. The molecule has 0 aromatic carbocycles. The molecule has 2 aliphatic rings. The normalized spacial score (nSPS) is 42.7. The first kappa shape index (κ1) is 13.3. The number of hydrogen-bond donors (Lipinski definition) is 2. The van der Waals surface area contributed by atoms with Gasteiger partial charge < -0.3 is 15.6 Å². The Bertz CT molecular complexity index is 301. The minimum Gasteiger partial charge on any atom is -0.386 e. The van der Waals surface area contributed by atoms with Gasteiger partial charge >= 0.3 is 0 Å². The Labute approximate surface area is 105 Å². The van der Waals surface area contributed by atoms with Crippen LogP contribution >= 0.6 is 0 Å². The van der Waals surface area contributed by atoms with E-state index in [1.807, 2.05) is 0 Å². The summed E-state index contributed by atoms with van der Waals surface area (Å²) < 4.78 is 6.00. The van der Waals surface area contributed by atoms with Crippen LogP contribution in [0.25, 0.3) is 0 Å². The first-order chi connectivity index (χ1) is 7.73. The van der Waals surface area contributed by atoms with Crippen molar-refractivity contribution >= 4 is 0 Å². The highest BCUT2D eigenvalue weighted by Crippen LogP contribution is 2.66. The Morgan fingerprint density at radius 1 is 1.41 bits per heavy atom. The predicted molar refractivity (Wildman–Crippen MR) is 68.6 cm³/mol. The maximum absolute atomic E-state index is 9.92. The van der Waals surface area contributed by atoms with E-state index in [4.69, 9.17) is 10.5 Å². The van der Waals surface area contributed by atoms with Gasteiger partial charge in [-0.2, -0.15) is 0 Å². The molecule has 0 aromatic rings. The standard InChI is InChI=1S/C14H27NO2/c1-12(2)10-5-6-14(12,4)11(7-10)17-9-13(3,16)8-15/h10-11,16H,5-9,15H2,1-4H3. The number of ether oxygens (including phenoxy) is 1. The summed E-state index contributed by atoms with van der Waals surface area (Å²) in [6.45, 7) is 9.44. The molecule has 0 aliphatic heterocycles. The van der Waals surface area contributed by atoms with Gasteiger partial charge in [-0.25, -0.2) is 0 Å². The monoisotopic (exact) mass is 241 g/mol. The van der Waals surface area contributed by atoms with Gasteiger partial charge in [0.2, 0.25) is 0 Å². The van der Waals surface area contributed by atoms with E-state index in [1.54, 1.807) is 6.92 Å². The van der Waals surface area contributed by atoms with Crippen molar-refractivity contribution in [3.05, 3.63) is 0 Å². The van der Waals surface area contributed by atoms with Crippen LogP contribution in [0, 0.1) is 16.7 Å². The molecule has 2 saturated carbocycles. The van der Waals surface area contributed by atoms with Crippen LogP contribution in [-0.2, 0) is 4.74 Å². The third kappa shape index (κ3) is 1.92. The van der Waals surface area contributed by atoms with Gasteiger partial charge in [0.1, 0.15) is 0 Å². The summed E-state index contributed by atoms with van der Waals surface area (Å²) in [5.74, 6) is 0.778. The van der Waals surface area contributed by atoms with E-state index in [0.29, 0.717) is 12.0 Å². The Hall–Kier alpha value is -0.120. The highest BCUT2D eigenvalue weighted by atomic mass is 16.5. The Morgan fingerprint density at radius 2 is 2.06 bits per heavy atom. The second-order valence-electron chi connectivity index (χ2n) is 7.11. The van der Waals surface area contributed by atoms with Crippen LogP contribution in [0.5, 0.6) is 0 Å². The average Bonchev–Trinajstić information content (AvgIpc) is 2.58. The van der Waals surface area contributed by atoms with Gasteiger partial charge in [0.15, 0.2) is 0 Å². The van der Waals surface area contributed by atoms with Crippen molar-refractivity contribution in [2.75, 3.05) is 13.2 Å². The summed E-state index contributed by atoms with van der Waals surface area (Å²) in [4.78, 5) is 0. The first-order valence-corrected chi connectivity index (χ1v) is 6.77. The summed E-state index contributed by atoms with van der Waals surface area (Å²) in [6, 6.07) is 0. The quantitative estimate of drug-likeness (QED) is 0.790.